The van der Waals surface area contributed by atoms with E-state index in [1.54, 1.807) is 4.90 Å². The van der Waals surface area contributed by atoms with E-state index in [0.29, 0.717) is 13.1 Å². The molecule has 1 aromatic rings. The molecular formula is C18H25N3O5S. The molecule has 2 aliphatic rings. The predicted molar refractivity (Wildman–Crippen MR) is 98.8 cm³/mol. The van der Waals surface area contributed by atoms with Gasteiger partial charge in [0.15, 0.2) is 0 Å². The summed E-state index contributed by atoms with van der Waals surface area (Å²) >= 11 is 0. The third-order valence-corrected chi connectivity index (χ3v) is 7.19. The minimum absolute atomic E-state index is 0.0610. The third kappa shape index (κ3) is 3.35. The molecule has 2 heterocycles. The van der Waals surface area contributed by atoms with E-state index in [4.69, 9.17) is 10.5 Å². The van der Waals surface area contributed by atoms with Crippen molar-refractivity contribution >= 4 is 21.8 Å². The number of amides is 2. The topological polar surface area (TPSA) is 110 Å². The molecule has 9 heteroatoms. The number of fused-ring (bicyclic) bond motifs is 1. The van der Waals surface area contributed by atoms with Crippen molar-refractivity contribution in [1.82, 2.24) is 9.21 Å². The molecule has 1 aromatic carbocycles. The Labute approximate surface area is 159 Å². The van der Waals surface area contributed by atoms with Crippen LogP contribution in [-0.2, 0) is 14.8 Å². The third-order valence-electron chi connectivity index (χ3n) is 5.37. The number of methoxy groups -OCH3 is 1. The quantitative estimate of drug-likeness (QED) is 0.785. The first-order valence-electron chi connectivity index (χ1n) is 9.04. The van der Waals surface area contributed by atoms with Crippen LogP contribution in [0.3, 0.4) is 0 Å². The van der Waals surface area contributed by atoms with Crippen molar-refractivity contribution in [2.45, 2.75) is 30.7 Å². The van der Waals surface area contributed by atoms with Gasteiger partial charge in [0, 0.05) is 31.8 Å². The maximum absolute atomic E-state index is 13.0. The number of hydrogen-bond acceptors (Lipinski definition) is 6. The Morgan fingerprint density at radius 2 is 2.11 bits per heavy atom. The number of likely N-dealkylation sites (tertiary alicyclic amines) is 1. The molecule has 27 heavy (non-hydrogen) atoms. The molecule has 2 aliphatic heterocycles. The van der Waals surface area contributed by atoms with E-state index in [1.165, 1.54) is 25.3 Å². The molecule has 0 saturated carbocycles. The van der Waals surface area contributed by atoms with Crippen LogP contribution in [0.5, 0.6) is 0 Å². The van der Waals surface area contributed by atoms with Gasteiger partial charge in [0.2, 0.25) is 0 Å². The average molecular weight is 395 g/mol. The number of nitrogens with two attached hydrogens (primary N) is 1. The molecule has 8 nitrogen and oxygen atoms in total. The fourth-order valence-electron chi connectivity index (χ4n) is 3.83. The largest absolute Gasteiger partial charge is 0.383 e. The summed E-state index contributed by atoms with van der Waals surface area (Å²) in [5.74, 6) is -0.553. The number of piperidine rings is 1. The second-order valence-corrected chi connectivity index (χ2v) is 8.84. The molecule has 2 amide bonds. The van der Waals surface area contributed by atoms with Crippen molar-refractivity contribution in [2.75, 3.05) is 33.4 Å². The zero-order valence-corrected chi connectivity index (χ0v) is 16.4. The standard InChI is InChI=1S/C18H25N3O5S/c1-12-4-3-7-20(15(12)11-19)17(22)13-5-6-14-16(10-13)27(24,25)21(18(14)23)8-9-26-2/h5-6,10,12,15H,3-4,7-9,11,19H2,1-2H3/t12-,15-/m0/s1. The summed E-state index contributed by atoms with van der Waals surface area (Å²) in [6.45, 7) is 3.06. The van der Waals surface area contributed by atoms with Crippen LogP contribution in [0.1, 0.15) is 40.5 Å². The zero-order valence-electron chi connectivity index (χ0n) is 15.6. The molecule has 1 fully saturated rings. The van der Waals surface area contributed by atoms with Gasteiger partial charge in [-0.2, -0.15) is 0 Å². The number of carbonyl (C=O) groups is 2. The Morgan fingerprint density at radius 1 is 1.37 bits per heavy atom. The van der Waals surface area contributed by atoms with E-state index in [1.807, 2.05) is 0 Å². The van der Waals surface area contributed by atoms with Crippen molar-refractivity contribution in [2.24, 2.45) is 11.7 Å². The van der Waals surface area contributed by atoms with E-state index in [0.717, 1.165) is 17.1 Å². The van der Waals surface area contributed by atoms with Gasteiger partial charge < -0.3 is 15.4 Å². The highest BCUT2D eigenvalue weighted by molar-refractivity contribution is 7.90. The van der Waals surface area contributed by atoms with E-state index in [9.17, 15) is 18.0 Å². The number of benzene rings is 1. The second-order valence-electron chi connectivity index (χ2n) is 7.01. The highest BCUT2D eigenvalue weighted by atomic mass is 32.2. The Balaban J connectivity index is 1.93. The molecular weight excluding hydrogens is 370 g/mol. The molecule has 1 saturated heterocycles. The molecule has 0 aromatic heterocycles. The van der Waals surface area contributed by atoms with E-state index in [-0.39, 0.29) is 47.0 Å². The monoisotopic (exact) mass is 395 g/mol. The summed E-state index contributed by atoms with van der Waals surface area (Å²) in [7, 11) is -2.54. The van der Waals surface area contributed by atoms with Crippen molar-refractivity contribution in [3.63, 3.8) is 0 Å². The van der Waals surface area contributed by atoms with Crippen LogP contribution in [0.4, 0.5) is 0 Å². The Kier molecular flexibility index (Phi) is 5.55. The molecule has 0 radical (unpaired) electrons. The lowest BCUT2D eigenvalue weighted by Gasteiger charge is -2.39. The van der Waals surface area contributed by atoms with Gasteiger partial charge in [-0.1, -0.05) is 6.92 Å². The van der Waals surface area contributed by atoms with Crippen LogP contribution in [0.2, 0.25) is 0 Å². The summed E-state index contributed by atoms with van der Waals surface area (Å²) in [6.07, 6.45) is 1.89. The fraction of sp³-hybridized carbons (Fsp3) is 0.556. The van der Waals surface area contributed by atoms with Crippen LogP contribution in [0, 0.1) is 5.92 Å². The Hall–Kier alpha value is -1.97. The van der Waals surface area contributed by atoms with Crippen LogP contribution >= 0.6 is 0 Å². The summed E-state index contributed by atoms with van der Waals surface area (Å²) in [5, 5.41) is 0. The van der Waals surface area contributed by atoms with Gasteiger partial charge in [-0.25, -0.2) is 12.7 Å². The smallest absolute Gasteiger partial charge is 0.269 e. The molecule has 0 unspecified atom stereocenters. The maximum Gasteiger partial charge on any atom is 0.269 e. The average Bonchev–Trinajstić information content (AvgIpc) is 2.84. The predicted octanol–water partition coefficient (Wildman–Crippen LogP) is 0.677. The molecule has 0 aliphatic carbocycles. The fourth-order valence-corrected chi connectivity index (χ4v) is 5.41. The number of ether oxygens (including phenoxy) is 1. The van der Waals surface area contributed by atoms with Crippen LogP contribution < -0.4 is 5.73 Å². The number of carbonyl (C=O) groups excluding carboxylic acids is 2. The minimum atomic E-state index is -3.98. The number of sulfonamides is 1. The van der Waals surface area contributed by atoms with Gasteiger partial charge in [0.25, 0.3) is 21.8 Å². The first-order chi connectivity index (χ1) is 12.8. The van der Waals surface area contributed by atoms with Crippen molar-refractivity contribution in [1.29, 1.82) is 0 Å². The number of rotatable bonds is 5. The van der Waals surface area contributed by atoms with Crippen molar-refractivity contribution < 1.29 is 22.7 Å². The van der Waals surface area contributed by atoms with Gasteiger partial charge in [-0.3, -0.25) is 9.59 Å². The van der Waals surface area contributed by atoms with Crippen molar-refractivity contribution in [3.05, 3.63) is 29.3 Å². The zero-order chi connectivity index (χ0) is 19.8. The Morgan fingerprint density at radius 3 is 2.78 bits per heavy atom. The van der Waals surface area contributed by atoms with E-state index < -0.39 is 15.9 Å². The van der Waals surface area contributed by atoms with Crippen LogP contribution in [-0.4, -0.2) is 68.8 Å². The lowest BCUT2D eigenvalue weighted by Crippen LogP contribution is -2.51. The highest BCUT2D eigenvalue weighted by Gasteiger charge is 2.42. The lowest BCUT2D eigenvalue weighted by atomic mass is 9.90. The first-order valence-corrected chi connectivity index (χ1v) is 10.5. The molecule has 2 N–H and O–H groups in total. The van der Waals surface area contributed by atoms with E-state index >= 15 is 0 Å². The SMILES string of the molecule is COCCN1C(=O)c2ccc(C(=O)N3CCC[C@H](C)[C@@H]3CN)cc2S1(=O)=O. The lowest BCUT2D eigenvalue weighted by molar-refractivity contribution is 0.0532. The molecule has 3 rings (SSSR count). The van der Waals surface area contributed by atoms with Crippen LogP contribution in [0.25, 0.3) is 0 Å². The summed E-state index contributed by atoms with van der Waals surface area (Å²) in [4.78, 5) is 27.0. The van der Waals surface area contributed by atoms with Crippen LogP contribution in [0.15, 0.2) is 23.1 Å². The second kappa shape index (κ2) is 7.57. The van der Waals surface area contributed by atoms with Gasteiger partial charge in [0.05, 0.1) is 18.7 Å². The molecule has 2 atom stereocenters. The van der Waals surface area contributed by atoms with Gasteiger partial charge >= 0.3 is 0 Å². The Bertz CT molecular complexity index is 855. The highest BCUT2D eigenvalue weighted by Crippen LogP contribution is 2.32. The number of hydrogen-bond donors (Lipinski definition) is 1. The number of nitrogens with zero attached hydrogens (tertiary/aromatic N) is 2. The van der Waals surface area contributed by atoms with Gasteiger partial charge in [-0.05, 0) is 37.0 Å². The molecule has 0 bridgehead atoms. The summed E-state index contributed by atoms with van der Waals surface area (Å²) < 4.78 is 31.1. The van der Waals surface area contributed by atoms with Crippen molar-refractivity contribution in [3.8, 4) is 0 Å². The molecule has 148 valence electrons. The summed E-state index contributed by atoms with van der Waals surface area (Å²) in [6, 6.07) is 4.17. The van der Waals surface area contributed by atoms with Gasteiger partial charge in [-0.15, -0.1) is 0 Å². The van der Waals surface area contributed by atoms with Gasteiger partial charge in [0.1, 0.15) is 4.90 Å². The van der Waals surface area contributed by atoms with E-state index in [2.05, 4.69) is 6.92 Å². The summed E-state index contributed by atoms with van der Waals surface area (Å²) in [5.41, 5.74) is 6.21. The first kappa shape index (κ1) is 19.8. The maximum atomic E-state index is 13.0. The molecule has 0 spiro atoms. The normalized spacial score (nSPS) is 24.2. The minimum Gasteiger partial charge on any atom is -0.383 e.